The van der Waals surface area contributed by atoms with E-state index < -0.39 is 23.7 Å². The van der Waals surface area contributed by atoms with Crippen molar-refractivity contribution in [3.05, 3.63) is 283 Å². The van der Waals surface area contributed by atoms with Crippen LogP contribution in [0.1, 0.15) is 160 Å². The number of nitrogens with one attached hydrogen (secondary N) is 10. The summed E-state index contributed by atoms with van der Waals surface area (Å²) < 4.78 is 48.1. The first-order valence-electron chi connectivity index (χ1n) is 40.5. The molecule has 0 aliphatic rings. The molecule has 0 fully saturated rings. The number of alkyl halides is 3. The second-order valence-corrected chi connectivity index (χ2v) is 29.5. The van der Waals surface area contributed by atoms with Crippen molar-refractivity contribution in [1.82, 2.24) is 105 Å². The molecule has 0 aliphatic heterocycles. The Morgan fingerprint density at radius 3 is 0.885 bits per heavy atom. The number of anilines is 20. The fourth-order valence-electron chi connectivity index (χ4n) is 11.0. The second-order valence-electron chi connectivity index (χ2n) is 29.5. The van der Waals surface area contributed by atoms with Crippen LogP contribution in [0.2, 0.25) is 0 Å². The predicted molar refractivity (Wildman–Crippen MR) is 489 cm³/mol. The number of pyridine rings is 6. The molecule has 666 valence electrons. The van der Waals surface area contributed by atoms with Crippen LogP contribution in [0, 0.1) is 6.92 Å². The standard InChI is InChI=1S/C22H23N5O6.C20H20F3N5.3C16H17N7/c1-11(2)18-25-21(23-12-5-7-14(16(28)9-12)19(30)32-3)27-22(26-18)24-13-6-8-15(17(29)10-13)20(31)33-4;1-12(2)17-26-18(24-15-8-4-6-13(3)10-15)28-19(27-17)25-16-9-5-7-14(11-16)20(21,22)23;1-11(2)14-21-15(19-12-3-7-17-8-4-12)23-16(22-14)20-13-5-9-18-10-6-13;1-11(2)14-21-15(19-12-5-3-7-17-9-12)23-16(22-14)20-13-6-4-8-18-10-13;1-11(2)14-21-15(19-12-7-3-5-9-17-12)23-16(22-14)20-13-8-4-6-10-18-13/h5-11,28-29H,1-4H3,(H2,23,24,25,26,27);4-12H,1-3H3,(H2,24,25,26,27,28);3-11H,1-2H3,(H2,17,18,19,20,21,22,23);3-11H,1-2H3,(H2,19,20,21,22,23);3-11H,1-2H3,(H2,17,18,19,20,21,22,23). The summed E-state index contributed by atoms with van der Waals surface area (Å²) >= 11 is 0. The monoisotopic (exact) mass is 1760 g/mol. The third-order valence-corrected chi connectivity index (χ3v) is 17.4. The Morgan fingerprint density at radius 1 is 0.300 bits per heavy atom. The van der Waals surface area contributed by atoms with Gasteiger partial charge in [-0.2, -0.15) is 87.9 Å². The molecule has 4 aromatic carbocycles. The summed E-state index contributed by atoms with van der Waals surface area (Å²) in [6.07, 6.45) is 12.7. The van der Waals surface area contributed by atoms with Crippen LogP contribution < -0.4 is 53.2 Å². The number of hydrogen-bond donors (Lipinski definition) is 12. The van der Waals surface area contributed by atoms with Crippen LogP contribution in [0.3, 0.4) is 0 Å². The summed E-state index contributed by atoms with van der Waals surface area (Å²) in [4.78, 5) is 114. The Kier molecular flexibility index (Phi) is 33.0. The molecular weight excluding hydrogens is 1670 g/mol. The Bertz CT molecular complexity index is 5610. The van der Waals surface area contributed by atoms with Crippen LogP contribution in [0.5, 0.6) is 11.5 Å². The van der Waals surface area contributed by atoms with Crippen molar-refractivity contribution in [3.63, 3.8) is 0 Å². The van der Waals surface area contributed by atoms with Gasteiger partial charge in [0.1, 0.15) is 63.4 Å². The maximum absolute atomic E-state index is 12.9. The average molecular weight is 1760 g/mol. The molecule has 0 spiro atoms. The lowest BCUT2D eigenvalue weighted by atomic mass is 10.2. The third kappa shape index (κ3) is 29.1. The summed E-state index contributed by atoms with van der Waals surface area (Å²) in [5.74, 6) is 6.88. The molecule has 0 radical (unpaired) electrons. The fraction of sp³-hybridized carbons (Fsp3) is 0.211. The first kappa shape index (κ1) is 93.8. The van der Waals surface area contributed by atoms with Crippen molar-refractivity contribution in [1.29, 1.82) is 0 Å². The summed E-state index contributed by atoms with van der Waals surface area (Å²) in [5, 5.41) is 50.9. The number of carbonyl (C=O) groups is 2. The summed E-state index contributed by atoms with van der Waals surface area (Å²) in [6.45, 7) is 21.9. The van der Waals surface area contributed by atoms with Crippen LogP contribution in [0.15, 0.2) is 232 Å². The van der Waals surface area contributed by atoms with E-state index >= 15 is 0 Å². The molecule has 11 aromatic heterocycles. The topological polar surface area (TPSA) is 484 Å². The number of esters is 2. The van der Waals surface area contributed by atoms with Gasteiger partial charge in [0.15, 0.2) is 0 Å². The van der Waals surface area contributed by atoms with Crippen LogP contribution in [0.25, 0.3) is 0 Å². The molecule has 0 atom stereocenters. The summed E-state index contributed by atoms with van der Waals surface area (Å²) in [6, 6.07) is 47.4. The van der Waals surface area contributed by atoms with Gasteiger partial charge in [0.05, 0.1) is 43.6 Å². The molecule has 37 nitrogen and oxygen atoms in total. The van der Waals surface area contributed by atoms with Crippen LogP contribution in [-0.4, -0.2) is 141 Å². The molecule has 0 amide bonds. The van der Waals surface area contributed by atoms with Gasteiger partial charge in [-0.05, 0) is 140 Å². The predicted octanol–water partition coefficient (Wildman–Crippen LogP) is 19.1. The van der Waals surface area contributed by atoms with Crippen molar-refractivity contribution in [3.8, 4) is 11.5 Å². The molecule has 15 aromatic rings. The minimum absolute atomic E-state index is 0.0168. The van der Waals surface area contributed by atoms with Crippen molar-refractivity contribution in [2.75, 3.05) is 67.4 Å². The average Bonchev–Trinajstić information content (AvgIpc) is 0.826. The number of phenols is 2. The van der Waals surface area contributed by atoms with Crippen molar-refractivity contribution >= 4 is 129 Å². The van der Waals surface area contributed by atoms with E-state index in [-0.39, 0.29) is 75.7 Å². The van der Waals surface area contributed by atoms with Gasteiger partial charge in [-0.25, -0.2) is 19.6 Å². The molecule has 15 rings (SSSR count). The number of halogens is 3. The van der Waals surface area contributed by atoms with E-state index in [0.29, 0.717) is 93.8 Å². The number of methoxy groups -OCH3 is 2. The third-order valence-electron chi connectivity index (χ3n) is 17.4. The number of nitrogens with zero attached hydrogens (tertiary/aromatic N) is 21. The SMILES string of the molecule is CC(C)c1nc(Nc2ccccn2)nc(Nc2ccccn2)n1.CC(C)c1nc(Nc2cccnc2)nc(Nc2cccnc2)n1.CC(C)c1nc(Nc2ccncc2)nc(Nc2ccncc2)n1.COC(=O)c1ccc(Nc2nc(Nc3ccc(C(=O)OC)c(O)c3)nc(C(C)C)n2)cc1O.Cc1cccc(Nc2nc(Nc3cccc(C(F)(F)F)c3)nc(C(C)C)n2)c1. The zero-order valence-electron chi connectivity index (χ0n) is 72.9. The highest BCUT2D eigenvalue weighted by Crippen LogP contribution is 2.34. The van der Waals surface area contributed by atoms with Crippen LogP contribution >= 0.6 is 0 Å². The van der Waals surface area contributed by atoms with E-state index in [1.165, 1.54) is 50.6 Å². The molecule has 0 unspecified atom stereocenters. The maximum atomic E-state index is 12.9. The number of ether oxygens (including phenoxy) is 2. The van der Waals surface area contributed by atoms with Gasteiger partial charge in [-0.1, -0.05) is 99.6 Å². The highest BCUT2D eigenvalue weighted by atomic mass is 19.4. The molecule has 0 saturated carbocycles. The van der Waals surface area contributed by atoms with Gasteiger partial charge >= 0.3 is 18.1 Å². The van der Waals surface area contributed by atoms with Gasteiger partial charge in [0.25, 0.3) is 0 Å². The molecule has 11 heterocycles. The molecule has 40 heteroatoms. The fourth-order valence-corrected chi connectivity index (χ4v) is 11.0. The number of benzene rings is 4. The zero-order valence-corrected chi connectivity index (χ0v) is 72.9. The molecule has 12 N–H and O–H groups in total. The largest absolute Gasteiger partial charge is 0.507 e. The Morgan fingerprint density at radius 2 is 0.600 bits per heavy atom. The number of aromatic nitrogens is 21. The number of rotatable bonds is 27. The van der Waals surface area contributed by atoms with E-state index in [1.807, 2.05) is 185 Å². The van der Waals surface area contributed by atoms with Gasteiger partial charge in [0.2, 0.25) is 59.5 Å². The normalized spacial score (nSPS) is 10.8. The van der Waals surface area contributed by atoms with E-state index in [4.69, 9.17) is 0 Å². The first-order valence-corrected chi connectivity index (χ1v) is 40.5. The second kappa shape index (κ2) is 45.7. The van der Waals surface area contributed by atoms with Crippen molar-refractivity contribution in [2.24, 2.45) is 0 Å². The molecular formula is C90H94F3N31O6. The highest BCUT2D eigenvalue weighted by molar-refractivity contribution is 5.94. The van der Waals surface area contributed by atoms with E-state index in [9.17, 15) is 33.0 Å². The number of phenolic OH excluding ortho intramolecular Hbond substituents is 2. The van der Waals surface area contributed by atoms with E-state index in [0.717, 1.165) is 46.1 Å². The first-order chi connectivity index (χ1) is 62.5. The lowest BCUT2D eigenvalue weighted by molar-refractivity contribution is -0.137. The zero-order chi connectivity index (χ0) is 92.6. The van der Waals surface area contributed by atoms with E-state index in [2.05, 4.69) is 167 Å². The minimum Gasteiger partial charge on any atom is -0.507 e. The van der Waals surface area contributed by atoms with Crippen LogP contribution in [-0.2, 0) is 15.7 Å². The Labute approximate surface area is 746 Å². The number of hydrogen-bond acceptors (Lipinski definition) is 37. The number of carbonyl (C=O) groups excluding carboxylic acids is 2. The van der Waals surface area contributed by atoms with Gasteiger partial charge < -0.3 is 72.9 Å². The lowest BCUT2D eigenvalue weighted by Gasteiger charge is -2.13. The quantitative estimate of drug-likeness (QED) is 0.0213. The number of aromatic hydroxyl groups is 2. The number of aryl methyl sites for hydroxylation is 1. The lowest BCUT2D eigenvalue weighted by Crippen LogP contribution is -2.09. The van der Waals surface area contributed by atoms with Crippen molar-refractivity contribution < 1.29 is 42.4 Å². The van der Waals surface area contributed by atoms with Crippen LogP contribution in [0.4, 0.5) is 130 Å². The minimum atomic E-state index is -4.42. The van der Waals surface area contributed by atoms with E-state index in [1.54, 1.807) is 74.1 Å². The smallest absolute Gasteiger partial charge is 0.416 e. The molecule has 0 bridgehead atoms. The maximum Gasteiger partial charge on any atom is 0.416 e. The van der Waals surface area contributed by atoms with Gasteiger partial charge in [0, 0.05) is 125 Å². The summed E-state index contributed by atoms with van der Waals surface area (Å²) in [5.41, 5.74) is 5.70. The summed E-state index contributed by atoms with van der Waals surface area (Å²) in [7, 11) is 2.45. The van der Waals surface area contributed by atoms with Crippen molar-refractivity contribution in [2.45, 2.75) is 112 Å². The highest BCUT2D eigenvalue weighted by Gasteiger charge is 2.31. The molecule has 0 aliphatic carbocycles. The van der Waals surface area contributed by atoms with Gasteiger partial charge in [-0.3, -0.25) is 19.9 Å². The Hall–Kier alpha value is -16.8. The van der Waals surface area contributed by atoms with Gasteiger partial charge in [-0.15, -0.1) is 0 Å². The molecule has 0 saturated heterocycles. The Balaban J connectivity index is 0.000000158. The molecule has 130 heavy (non-hydrogen) atoms.